The van der Waals surface area contributed by atoms with Crippen LogP contribution in [0.1, 0.15) is 11.1 Å². The van der Waals surface area contributed by atoms with Gasteiger partial charge in [-0.2, -0.15) is 5.48 Å². The maximum Gasteiger partial charge on any atom is 0.160 e. The smallest absolute Gasteiger partial charge is 0.160 e. The number of anilines is 1. The van der Waals surface area contributed by atoms with E-state index in [2.05, 4.69) is 17.6 Å². The Labute approximate surface area is 105 Å². The Morgan fingerprint density at radius 2 is 1.94 bits per heavy atom. The summed E-state index contributed by atoms with van der Waals surface area (Å²) in [6.45, 7) is 1.52. The molecule has 2 aliphatic heterocycles. The number of nitrogens with zero attached hydrogens (tertiary/aromatic N) is 1. The van der Waals surface area contributed by atoms with Crippen molar-refractivity contribution in [2.75, 3.05) is 5.06 Å². The Morgan fingerprint density at radius 1 is 1.00 bits per heavy atom. The van der Waals surface area contributed by atoms with Crippen molar-refractivity contribution in [3.05, 3.63) is 53.6 Å². The molecule has 2 aromatic carbocycles. The molecule has 2 heterocycles. The Kier molecular flexibility index (Phi) is 1.98. The van der Waals surface area contributed by atoms with Gasteiger partial charge in [0, 0.05) is 11.1 Å². The van der Waals surface area contributed by atoms with Gasteiger partial charge in [-0.15, -0.1) is 0 Å². The van der Waals surface area contributed by atoms with E-state index < -0.39 is 0 Å². The molecule has 0 radical (unpaired) electrons. The van der Waals surface area contributed by atoms with Crippen LogP contribution in [0.15, 0.2) is 42.5 Å². The molecule has 0 saturated heterocycles. The van der Waals surface area contributed by atoms with E-state index >= 15 is 0 Å². The van der Waals surface area contributed by atoms with Crippen molar-refractivity contribution >= 4 is 5.69 Å². The van der Waals surface area contributed by atoms with Gasteiger partial charge in [-0.05, 0) is 24.3 Å². The number of rotatable bonds is 1. The lowest BCUT2D eigenvalue weighted by Crippen LogP contribution is -2.20. The molecule has 18 heavy (non-hydrogen) atoms. The average Bonchev–Trinajstić information content (AvgIpc) is 3.04. The summed E-state index contributed by atoms with van der Waals surface area (Å²) < 4.78 is 0. The SMILES string of the molecule is c1ccc2c(c1)CN(c1ccc3c(c1)CNO3)O2. The second-order valence-electron chi connectivity index (χ2n) is 4.45. The minimum Gasteiger partial charge on any atom is -0.408 e. The molecule has 0 aliphatic carbocycles. The number of hydrogen-bond acceptors (Lipinski definition) is 4. The Hall–Kier alpha value is -2.20. The molecule has 0 amide bonds. The summed E-state index contributed by atoms with van der Waals surface area (Å²) in [7, 11) is 0. The predicted octanol–water partition coefficient (Wildman–Crippen LogP) is 2.40. The van der Waals surface area contributed by atoms with Crippen LogP contribution in [0.2, 0.25) is 0 Å². The topological polar surface area (TPSA) is 33.7 Å². The molecule has 0 saturated carbocycles. The summed E-state index contributed by atoms with van der Waals surface area (Å²) >= 11 is 0. The van der Waals surface area contributed by atoms with E-state index in [1.807, 2.05) is 35.4 Å². The molecule has 4 heteroatoms. The molecule has 0 bridgehead atoms. The second kappa shape index (κ2) is 3.65. The fourth-order valence-electron chi connectivity index (χ4n) is 2.32. The first-order valence-electron chi connectivity index (χ1n) is 5.96. The van der Waals surface area contributed by atoms with E-state index in [1.165, 1.54) is 5.56 Å². The van der Waals surface area contributed by atoms with Gasteiger partial charge in [0.25, 0.3) is 0 Å². The normalized spacial score (nSPS) is 15.9. The van der Waals surface area contributed by atoms with Gasteiger partial charge in [-0.1, -0.05) is 18.2 Å². The molecule has 90 valence electrons. The molecule has 1 N–H and O–H groups in total. The van der Waals surface area contributed by atoms with Crippen LogP contribution in [0.5, 0.6) is 11.5 Å². The summed E-state index contributed by atoms with van der Waals surface area (Å²) in [6, 6.07) is 14.2. The van der Waals surface area contributed by atoms with Gasteiger partial charge < -0.3 is 9.68 Å². The summed E-state index contributed by atoms with van der Waals surface area (Å²) in [5.74, 6) is 1.84. The van der Waals surface area contributed by atoms with E-state index in [0.717, 1.165) is 35.8 Å². The molecular weight excluding hydrogens is 228 g/mol. The Balaban J connectivity index is 1.66. The van der Waals surface area contributed by atoms with Gasteiger partial charge in [0.1, 0.15) is 0 Å². The van der Waals surface area contributed by atoms with Crippen LogP contribution < -0.4 is 20.2 Å². The van der Waals surface area contributed by atoms with Gasteiger partial charge in [0.15, 0.2) is 11.5 Å². The number of hydrogen-bond donors (Lipinski definition) is 1. The molecule has 0 aromatic heterocycles. The molecule has 2 aliphatic rings. The molecule has 4 rings (SSSR count). The van der Waals surface area contributed by atoms with Gasteiger partial charge in [0.05, 0.1) is 18.8 Å². The lowest BCUT2D eigenvalue weighted by Gasteiger charge is -2.17. The van der Waals surface area contributed by atoms with Crippen LogP contribution in [0.25, 0.3) is 0 Å². The highest BCUT2D eigenvalue weighted by atomic mass is 16.7. The van der Waals surface area contributed by atoms with Gasteiger partial charge in [0.2, 0.25) is 0 Å². The molecule has 4 nitrogen and oxygen atoms in total. The zero-order chi connectivity index (χ0) is 11.9. The lowest BCUT2D eigenvalue weighted by atomic mass is 10.1. The van der Waals surface area contributed by atoms with E-state index in [-0.39, 0.29) is 0 Å². The van der Waals surface area contributed by atoms with E-state index in [9.17, 15) is 0 Å². The fourth-order valence-corrected chi connectivity index (χ4v) is 2.32. The summed E-state index contributed by atoms with van der Waals surface area (Å²) in [4.78, 5) is 11.1. The van der Waals surface area contributed by atoms with Crippen LogP contribution in [0.3, 0.4) is 0 Å². The Morgan fingerprint density at radius 3 is 2.89 bits per heavy atom. The minimum atomic E-state index is 0.740. The van der Waals surface area contributed by atoms with Crippen LogP contribution in [0.4, 0.5) is 5.69 Å². The number of fused-ring (bicyclic) bond motifs is 2. The number of benzene rings is 2. The quantitative estimate of drug-likeness (QED) is 0.830. The van der Waals surface area contributed by atoms with Crippen molar-refractivity contribution in [3.63, 3.8) is 0 Å². The van der Waals surface area contributed by atoms with Crippen molar-refractivity contribution < 1.29 is 9.68 Å². The lowest BCUT2D eigenvalue weighted by molar-refractivity contribution is 0.224. The molecule has 0 unspecified atom stereocenters. The molecule has 2 aromatic rings. The first-order chi connectivity index (χ1) is 8.90. The molecule has 0 atom stereocenters. The van der Waals surface area contributed by atoms with Crippen molar-refractivity contribution in [2.24, 2.45) is 0 Å². The van der Waals surface area contributed by atoms with Crippen molar-refractivity contribution in [1.82, 2.24) is 5.48 Å². The molecule has 0 fully saturated rings. The van der Waals surface area contributed by atoms with Crippen LogP contribution >= 0.6 is 0 Å². The third-order valence-electron chi connectivity index (χ3n) is 3.27. The fraction of sp³-hybridized carbons (Fsp3) is 0.143. The molecular formula is C14H12N2O2. The Bertz CT molecular complexity index is 587. The highest BCUT2D eigenvalue weighted by Gasteiger charge is 2.22. The first-order valence-corrected chi connectivity index (χ1v) is 5.96. The monoisotopic (exact) mass is 240 g/mol. The summed E-state index contributed by atoms with van der Waals surface area (Å²) in [6.07, 6.45) is 0. The van der Waals surface area contributed by atoms with Gasteiger partial charge in [-0.25, -0.2) is 5.06 Å². The summed E-state index contributed by atoms with van der Waals surface area (Å²) in [5.41, 5.74) is 6.29. The first kappa shape index (κ1) is 9.79. The van der Waals surface area contributed by atoms with Gasteiger partial charge >= 0.3 is 0 Å². The van der Waals surface area contributed by atoms with E-state index in [0.29, 0.717) is 0 Å². The number of nitrogens with one attached hydrogen (secondary N) is 1. The predicted molar refractivity (Wildman–Crippen MR) is 67.2 cm³/mol. The van der Waals surface area contributed by atoms with Crippen LogP contribution in [0, 0.1) is 0 Å². The third-order valence-corrected chi connectivity index (χ3v) is 3.27. The standard InChI is InChI=1S/C14H12N2O2/c1-2-4-14-10(3-1)9-16(18-14)12-5-6-13-11(7-12)8-15-17-13/h1-7,15H,8-9H2. The second-order valence-corrected chi connectivity index (χ2v) is 4.45. The largest absolute Gasteiger partial charge is 0.408 e. The van der Waals surface area contributed by atoms with Crippen molar-refractivity contribution in [1.29, 1.82) is 0 Å². The third kappa shape index (κ3) is 1.43. The maximum absolute atomic E-state index is 5.82. The van der Waals surface area contributed by atoms with Crippen molar-refractivity contribution in [3.8, 4) is 11.5 Å². The van der Waals surface area contributed by atoms with Gasteiger partial charge in [-0.3, -0.25) is 0 Å². The van der Waals surface area contributed by atoms with Crippen molar-refractivity contribution in [2.45, 2.75) is 13.1 Å². The highest BCUT2D eigenvalue weighted by Crippen LogP contribution is 2.34. The summed E-state index contributed by atoms with van der Waals surface area (Å²) in [5, 5.41) is 1.91. The highest BCUT2D eigenvalue weighted by molar-refractivity contribution is 5.55. The van der Waals surface area contributed by atoms with Crippen LogP contribution in [-0.4, -0.2) is 0 Å². The minimum absolute atomic E-state index is 0.740. The molecule has 0 spiro atoms. The zero-order valence-corrected chi connectivity index (χ0v) is 9.72. The zero-order valence-electron chi connectivity index (χ0n) is 9.72. The number of para-hydroxylation sites is 1. The average molecular weight is 240 g/mol. The maximum atomic E-state index is 5.82. The van der Waals surface area contributed by atoms with E-state index in [1.54, 1.807) is 0 Å². The van der Waals surface area contributed by atoms with Crippen LogP contribution in [-0.2, 0) is 13.1 Å². The number of hydroxylamine groups is 2. The van der Waals surface area contributed by atoms with E-state index in [4.69, 9.17) is 9.68 Å².